The molecule has 0 saturated carbocycles. The van der Waals surface area contributed by atoms with Gasteiger partial charge in [-0.1, -0.05) is 31.5 Å². The monoisotopic (exact) mass is 486 g/mol. The van der Waals surface area contributed by atoms with Crippen LogP contribution in [-0.4, -0.2) is 14.1 Å². The third-order valence-corrected chi connectivity index (χ3v) is 4.93. The average molecular weight is 486 g/mol. The molecule has 0 atom stereocenters. The third-order valence-electron chi connectivity index (χ3n) is 4.93. The summed E-state index contributed by atoms with van der Waals surface area (Å²) < 4.78 is 80.3. The molecule has 1 heterocycles. The molecular weight excluding hydrogens is 466 g/mol. The zero-order chi connectivity index (χ0) is 25.1. The second-order valence-electron chi connectivity index (χ2n) is 7.49. The maximum Gasteiger partial charge on any atom is 0.416 e. The molecule has 3 aromatic rings. The summed E-state index contributed by atoms with van der Waals surface area (Å²) in [7, 11) is 0. The number of anilines is 2. The maximum atomic E-state index is 13.1. The largest absolute Gasteiger partial charge is 0.416 e. The van der Waals surface area contributed by atoms with Gasteiger partial charge in [0.2, 0.25) is 5.95 Å². The van der Waals surface area contributed by atoms with Crippen molar-refractivity contribution in [1.29, 1.82) is 0 Å². The fourth-order valence-corrected chi connectivity index (χ4v) is 3.21. The molecule has 12 heteroatoms. The minimum Gasteiger partial charge on any atom is -0.325 e. The molecule has 182 valence electrons. The van der Waals surface area contributed by atoms with Crippen LogP contribution in [-0.2, 0) is 25.4 Å². The van der Waals surface area contributed by atoms with Gasteiger partial charge in [0.15, 0.2) is 0 Å². The number of halogens is 6. The lowest BCUT2D eigenvalue weighted by Crippen LogP contribution is -2.42. The van der Waals surface area contributed by atoms with Crippen LogP contribution in [0.25, 0.3) is 0 Å². The van der Waals surface area contributed by atoms with Gasteiger partial charge >= 0.3 is 23.7 Å². The van der Waals surface area contributed by atoms with E-state index in [1.807, 2.05) is 6.92 Å². The van der Waals surface area contributed by atoms with E-state index < -0.39 is 41.4 Å². The number of aromatic nitrogens is 3. The molecule has 0 fully saturated rings. The second-order valence-corrected chi connectivity index (χ2v) is 7.49. The van der Waals surface area contributed by atoms with Gasteiger partial charge in [-0.05, 0) is 42.3 Å². The van der Waals surface area contributed by atoms with Gasteiger partial charge in [0.25, 0.3) is 0 Å². The van der Waals surface area contributed by atoms with Gasteiger partial charge in [-0.3, -0.25) is 4.57 Å². The lowest BCUT2D eigenvalue weighted by Gasteiger charge is -2.17. The summed E-state index contributed by atoms with van der Waals surface area (Å²) in [6, 6.07) is 8.26. The highest BCUT2D eigenvalue weighted by molar-refractivity contribution is 5.55. The molecule has 0 radical (unpaired) electrons. The molecule has 2 aromatic carbocycles. The number of alkyl halides is 6. The van der Waals surface area contributed by atoms with E-state index in [0.29, 0.717) is 12.8 Å². The topological polar surface area (TPSA) is 68.9 Å². The van der Waals surface area contributed by atoms with Crippen molar-refractivity contribution in [3.05, 3.63) is 86.2 Å². The van der Waals surface area contributed by atoms with Gasteiger partial charge in [-0.2, -0.15) is 31.3 Å². The smallest absolute Gasteiger partial charge is 0.325 e. The standard InChI is InChI=1S/C22H20F6N4O2/c1-2-3-10-31-19(33)30-18(29-17-9-5-8-16(12-17)22(26,27)28)32(20(31)34)13-14-6-4-7-15(11-14)21(23,24)25/h4-9,11-12H,2-3,10,13H2,1H3,(H,29,30,33). The Hall–Kier alpha value is -3.57. The Morgan fingerprint density at radius 3 is 2.12 bits per heavy atom. The molecule has 6 nitrogen and oxygen atoms in total. The summed E-state index contributed by atoms with van der Waals surface area (Å²) in [6.07, 6.45) is -8.12. The van der Waals surface area contributed by atoms with Gasteiger partial charge in [0.1, 0.15) is 0 Å². The Bertz CT molecular complexity index is 1280. The summed E-state index contributed by atoms with van der Waals surface area (Å²) in [4.78, 5) is 29.3. The Morgan fingerprint density at radius 1 is 0.882 bits per heavy atom. The average Bonchev–Trinajstić information content (AvgIpc) is 2.75. The van der Waals surface area contributed by atoms with Crippen LogP contribution in [0, 0.1) is 0 Å². The van der Waals surface area contributed by atoms with Gasteiger partial charge in [-0.25, -0.2) is 14.2 Å². The van der Waals surface area contributed by atoms with Crippen molar-refractivity contribution < 1.29 is 26.3 Å². The van der Waals surface area contributed by atoms with E-state index in [0.717, 1.165) is 39.5 Å². The molecule has 0 aliphatic rings. The van der Waals surface area contributed by atoms with Crippen LogP contribution in [0.15, 0.2) is 58.1 Å². The van der Waals surface area contributed by atoms with E-state index in [1.165, 1.54) is 18.2 Å². The Kier molecular flexibility index (Phi) is 7.18. The highest BCUT2D eigenvalue weighted by atomic mass is 19.4. The fraction of sp³-hybridized carbons (Fsp3) is 0.318. The van der Waals surface area contributed by atoms with Crippen LogP contribution in [0.3, 0.4) is 0 Å². The molecule has 0 aliphatic carbocycles. The fourth-order valence-electron chi connectivity index (χ4n) is 3.21. The van der Waals surface area contributed by atoms with E-state index in [-0.39, 0.29) is 23.7 Å². The third kappa shape index (κ3) is 5.86. The summed E-state index contributed by atoms with van der Waals surface area (Å²) in [6.45, 7) is 1.47. The molecule has 0 amide bonds. The van der Waals surface area contributed by atoms with E-state index in [4.69, 9.17) is 0 Å². The number of unbranched alkanes of at least 4 members (excludes halogenated alkanes) is 1. The quantitative estimate of drug-likeness (QED) is 0.476. The summed E-state index contributed by atoms with van der Waals surface area (Å²) in [5.74, 6) is -0.389. The number of hydrogen-bond donors (Lipinski definition) is 1. The number of benzene rings is 2. The van der Waals surface area contributed by atoms with Crippen molar-refractivity contribution in [2.24, 2.45) is 0 Å². The van der Waals surface area contributed by atoms with Gasteiger partial charge in [0, 0.05) is 12.2 Å². The summed E-state index contributed by atoms with van der Waals surface area (Å²) in [5.41, 5.74) is -3.69. The Balaban J connectivity index is 2.10. The van der Waals surface area contributed by atoms with Crippen LogP contribution in [0.5, 0.6) is 0 Å². The Labute approximate surface area is 189 Å². The Morgan fingerprint density at radius 2 is 1.50 bits per heavy atom. The molecule has 0 spiro atoms. The second kappa shape index (κ2) is 9.74. The SMILES string of the molecule is CCCCn1c(=O)nc(Nc2cccc(C(F)(F)F)c2)n(Cc2cccc(C(F)(F)F)c2)c1=O. The molecule has 1 N–H and O–H groups in total. The van der Waals surface area contributed by atoms with Crippen molar-refractivity contribution >= 4 is 11.6 Å². The first-order valence-corrected chi connectivity index (χ1v) is 10.2. The van der Waals surface area contributed by atoms with Crippen molar-refractivity contribution in [1.82, 2.24) is 14.1 Å². The molecule has 0 saturated heterocycles. The zero-order valence-electron chi connectivity index (χ0n) is 17.9. The van der Waals surface area contributed by atoms with Crippen LogP contribution >= 0.6 is 0 Å². The lowest BCUT2D eigenvalue weighted by atomic mass is 10.1. The highest BCUT2D eigenvalue weighted by Gasteiger charge is 2.31. The first kappa shape index (κ1) is 25.1. The zero-order valence-corrected chi connectivity index (χ0v) is 17.9. The minimum atomic E-state index is -4.63. The molecule has 0 unspecified atom stereocenters. The first-order valence-electron chi connectivity index (χ1n) is 10.2. The predicted molar refractivity (Wildman–Crippen MR) is 113 cm³/mol. The van der Waals surface area contributed by atoms with E-state index in [9.17, 15) is 35.9 Å². The van der Waals surface area contributed by atoms with Crippen molar-refractivity contribution in [3.63, 3.8) is 0 Å². The molecular formula is C22H20F6N4O2. The van der Waals surface area contributed by atoms with Gasteiger partial charge in [0.05, 0.1) is 17.7 Å². The summed E-state index contributed by atoms with van der Waals surface area (Å²) in [5, 5.41) is 2.53. The maximum absolute atomic E-state index is 13.1. The van der Waals surface area contributed by atoms with Crippen LogP contribution in [0.2, 0.25) is 0 Å². The number of rotatable bonds is 7. The number of hydrogen-bond acceptors (Lipinski definition) is 4. The van der Waals surface area contributed by atoms with Crippen molar-refractivity contribution in [2.75, 3.05) is 5.32 Å². The van der Waals surface area contributed by atoms with Crippen LogP contribution in [0.1, 0.15) is 36.5 Å². The van der Waals surface area contributed by atoms with E-state index in [2.05, 4.69) is 10.3 Å². The minimum absolute atomic E-state index is 0.0353. The predicted octanol–water partition coefficient (Wildman–Crippen LogP) is 5.03. The van der Waals surface area contributed by atoms with Gasteiger partial charge in [-0.15, -0.1) is 0 Å². The highest BCUT2D eigenvalue weighted by Crippen LogP contribution is 2.32. The molecule has 0 aliphatic heterocycles. The molecule has 3 rings (SSSR count). The lowest BCUT2D eigenvalue weighted by molar-refractivity contribution is -0.138. The summed E-state index contributed by atoms with van der Waals surface area (Å²) >= 11 is 0. The molecule has 34 heavy (non-hydrogen) atoms. The normalized spacial score (nSPS) is 12.1. The van der Waals surface area contributed by atoms with E-state index in [1.54, 1.807) is 0 Å². The van der Waals surface area contributed by atoms with Crippen molar-refractivity contribution in [3.8, 4) is 0 Å². The number of nitrogens with zero attached hydrogens (tertiary/aromatic N) is 3. The van der Waals surface area contributed by atoms with Crippen LogP contribution < -0.4 is 16.7 Å². The molecule has 1 aromatic heterocycles. The molecule has 0 bridgehead atoms. The van der Waals surface area contributed by atoms with Crippen molar-refractivity contribution in [2.45, 2.75) is 45.2 Å². The number of nitrogens with one attached hydrogen (secondary N) is 1. The van der Waals surface area contributed by atoms with E-state index >= 15 is 0 Å². The van der Waals surface area contributed by atoms with Gasteiger partial charge < -0.3 is 5.32 Å². The van der Waals surface area contributed by atoms with Crippen LogP contribution in [0.4, 0.5) is 38.0 Å². The first-order chi connectivity index (χ1) is 15.9.